The molecule has 0 saturated carbocycles. The summed E-state index contributed by atoms with van der Waals surface area (Å²) in [6, 6.07) is 12.5. The first-order chi connectivity index (χ1) is 19.7. The normalized spacial score (nSPS) is 16.7. The lowest BCUT2D eigenvalue weighted by molar-refractivity contribution is 0.00130. The van der Waals surface area contributed by atoms with E-state index >= 15 is 0 Å². The molecule has 214 valence electrons. The Morgan fingerprint density at radius 1 is 1.02 bits per heavy atom. The Bertz CT molecular complexity index is 1580. The number of nitrogens with zero attached hydrogens (tertiary/aromatic N) is 5. The van der Waals surface area contributed by atoms with Crippen LogP contribution in [0.4, 0.5) is 28.8 Å². The fourth-order valence-corrected chi connectivity index (χ4v) is 7.73. The van der Waals surface area contributed by atoms with E-state index in [0.29, 0.717) is 22.2 Å². The summed E-state index contributed by atoms with van der Waals surface area (Å²) in [6.07, 6.45) is 5.93. The number of hydrogen-bond acceptors (Lipinski definition) is 8. The summed E-state index contributed by atoms with van der Waals surface area (Å²) in [7, 11) is 3.47. The average Bonchev–Trinajstić information content (AvgIpc) is 2.94. The van der Waals surface area contributed by atoms with Crippen LogP contribution in [0.2, 0.25) is 5.02 Å². The van der Waals surface area contributed by atoms with Gasteiger partial charge in [-0.25, -0.2) is 4.98 Å². The summed E-state index contributed by atoms with van der Waals surface area (Å²) in [5.41, 5.74) is 5.70. The predicted molar refractivity (Wildman–Crippen MR) is 173 cm³/mol. The Hall–Kier alpha value is -3.19. The van der Waals surface area contributed by atoms with Gasteiger partial charge in [0, 0.05) is 60.5 Å². The van der Waals surface area contributed by atoms with Crippen molar-refractivity contribution in [3.05, 3.63) is 59.4 Å². The third kappa shape index (κ3) is 5.53. The van der Waals surface area contributed by atoms with Gasteiger partial charge < -0.3 is 25.2 Å². The lowest BCUT2D eigenvalue weighted by atomic mass is 9.72. The Labute approximate surface area is 248 Å². The highest BCUT2D eigenvalue weighted by atomic mass is 35.5. The number of ether oxygens (including phenoxy) is 1. The van der Waals surface area contributed by atoms with Crippen LogP contribution in [0.5, 0.6) is 5.75 Å². The molecule has 2 aromatic heterocycles. The van der Waals surface area contributed by atoms with E-state index in [1.165, 1.54) is 42.5 Å². The van der Waals surface area contributed by atoms with Crippen molar-refractivity contribution in [2.24, 2.45) is 5.41 Å². The van der Waals surface area contributed by atoms with Crippen molar-refractivity contribution in [1.82, 2.24) is 19.9 Å². The molecule has 8 nitrogen and oxygen atoms in total. The van der Waals surface area contributed by atoms with E-state index in [0.717, 1.165) is 41.1 Å². The van der Waals surface area contributed by atoms with Gasteiger partial charge in [-0.2, -0.15) is 4.98 Å². The quantitative estimate of drug-likeness (QED) is 0.240. The van der Waals surface area contributed by atoms with E-state index in [1.54, 1.807) is 13.3 Å². The van der Waals surface area contributed by atoms with Crippen LogP contribution in [0.25, 0.3) is 10.9 Å². The minimum absolute atomic E-state index is 0.437. The summed E-state index contributed by atoms with van der Waals surface area (Å²) in [6.45, 7) is 11.2. The highest BCUT2D eigenvalue weighted by Crippen LogP contribution is 2.43. The van der Waals surface area contributed by atoms with Crippen molar-refractivity contribution in [3.8, 4) is 5.75 Å². The zero-order valence-electron chi connectivity index (χ0n) is 24.3. The Morgan fingerprint density at radius 3 is 2.51 bits per heavy atom. The molecule has 0 unspecified atom stereocenters. The largest absolute Gasteiger partial charge is 0.494 e. The molecule has 0 aliphatic carbocycles. The highest BCUT2D eigenvalue weighted by molar-refractivity contribution is 7.65. The fraction of sp³-hybridized carbons (Fsp3) is 0.387. The van der Waals surface area contributed by atoms with Gasteiger partial charge in [-0.1, -0.05) is 31.7 Å². The molecule has 10 heteroatoms. The summed E-state index contributed by atoms with van der Waals surface area (Å²) in [4.78, 5) is 18.8. The van der Waals surface area contributed by atoms with E-state index in [4.69, 9.17) is 21.3 Å². The number of piperidine rings is 1. The number of anilines is 5. The molecule has 2 aliphatic heterocycles. The third-order valence-corrected chi connectivity index (χ3v) is 9.96. The topological polar surface area (TPSA) is 78.4 Å². The van der Waals surface area contributed by atoms with Gasteiger partial charge in [0.2, 0.25) is 5.95 Å². The Kier molecular flexibility index (Phi) is 7.66. The number of aromatic nitrogens is 3. The number of rotatable bonds is 7. The lowest BCUT2D eigenvalue weighted by Crippen LogP contribution is -2.58. The number of halogens is 1. The van der Waals surface area contributed by atoms with Crippen LogP contribution in [0.3, 0.4) is 0 Å². The maximum absolute atomic E-state index is 6.57. The number of hydrogen-bond donors (Lipinski definition) is 2. The lowest BCUT2D eigenvalue weighted by Gasteiger charge is -2.53. The van der Waals surface area contributed by atoms with Crippen molar-refractivity contribution >= 4 is 64.6 Å². The Balaban J connectivity index is 1.24. The molecule has 2 aromatic carbocycles. The number of fused-ring (bicyclic) bond motifs is 1. The first-order valence-corrected chi connectivity index (χ1v) is 16.6. The second kappa shape index (κ2) is 11.2. The monoisotopic (exact) mass is 589 g/mol. The number of methoxy groups -OCH3 is 1. The zero-order valence-corrected chi connectivity index (χ0v) is 26.0. The molecule has 2 fully saturated rings. The first kappa shape index (κ1) is 28.0. The van der Waals surface area contributed by atoms with Gasteiger partial charge in [0.05, 0.1) is 24.5 Å². The van der Waals surface area contributed by atoms with Crippen LogP contribution in [0, 0.1) is 12.3 Å². The molecule has 2 aliphatic rings. The van der Waals surface area contributed by atoms with Crippen LogP contribution in [-0.4, -0.2) is 73.5 Å². The molecular weight excluding hydrogens is 553 g/mol. The molecule has 41 heavy (non-hydrogen) atoms. The van der Waals surface area contributed by atoms with Crippen molar-refractivity contribution in [1.29, 1.82) is 0 Å². The summed E-state index contributed by atoms with van der Waals surface area (Å²) in [5.74, 6) is 1.73. The number of nitrogens with one attached hydrogen (secondary N) is 2. The molecule has 0 radical (unpaired) electrons. The highest BCUT2D eigenvalue weighted by Gasteiger charge is 2.43. The number of likely N-dealkylation sites (tertiary alicyclic amines) is 1. The smallest absolute Gasteiger partial charge is 0.229 e. The molecule has 4 heterocycles. The molecule has 4 aromatic rings. The van der Waals surface area contributed by atoms with Crippen molar-refractivity contribution in [2.75, 3.05) is 69.2 Å². The number of benzene rings is 2. The number of aryl methyl sites for hydroxylation is 1. The van der Waals surface area contributed by atoms with Gasteiger partial charge in [-0.15, -0.1) is 0 Å². The van der Waals surface area contributed by atoms with Crippen LogP contribution in [0.15, 0.2) is 48.8 Å². The SMILES string of the molecule is COc1cc(N2CCC3(CC2)CN(C)C3)c(C)cc1Nc1ncc(Cl)c(Nc2ccc3cccnc3c2P(C)C)n1. The molecular formula is C31H37ClN7OP. The van der Waals surface area contributed by atoms with Crippen molar-refractivity contribution in [2.45, 2.75) is 19.8 Å². The maximum atomic E-state index is 6.57. The van der Waals surface area contributed by atoms with E-state index in [1.807, 2.05) is 12.3 Å². The number of pyridine rings is 1. The van der Waals surface area contributed by atoms with E-state index < -0.39 is 7.92 Å². The molecule has 0 amide bonds. The first-order valence-electron chi connectivity index (χ1n) is 14.0. The molecule has 1 spiro atoms. The Morgan fingerprint density at radius 2 is 1.80 bits per heavy atom. The summed E-state index contributed by atoms with van der Waals surface area (Å²) >= 11 is 6.57. The van der Waals surface area contributed by atoms with Gasteiger partial charge in [0.25, 0.3) is 0 Å². The second-order valence-electron chi connectivity index (χ2n) is 11.6. The maximum Gasteiger partial charge on any atom is 0.229 e. The van der Waals surface area contributed by atoms with Gasteiger partial charge >= 0.3 is 0 Å². The second-order valence-corrected chi connectivity index (χ2v) is 14.2. The van der Waals surface area contributed by atoms with Crippen molar-refractivity contribution in [3.63, 3.8) is 0 Å². The van der Waals surface area contributed by atoms with Crippen LogP contribution < -0.4 is 25.6 Å². The van der Waals surface area contributed by atoms with Gasteiger partial charge in [0.1, 0.15) is 10.8 Å². The zero-order chi connectivity index (χ0) is 28.7. The third-order valence-electron chi connectivity index (χ3n) is 8.33. The standard InChI is InChI=1S/C31H37ClN7OP/c1-20-15-24(26(40-3)16-25(20)39-13-10-31(11-14-39)18-38(2)19-31)36-30-34-17-22(32)29(37-30)35-23-9-8-21-7-6-12-33-27(21)28(23)41(4)5/h6-9,12,15-17H,10-11,13-14,18-19H2,1-5H3,(H2,34,35,36,37). The molecule has 2 saturated heterocycles. The van der Waals surface area contributed by atoms with Crippen LogP contribution in [0.1, 0.15) is 18.4 Å². The van der Waals surface area contributed by atoms with Gasteiger partial charge in [-0.3, -0.25) is 4.98 Å². The summed E-state index contributed by atoms with van der Waals surface area (Å²) in [5, 5.41) is 9.58. The van der Waals surface area contributed by atoms with Gasteiger partial charge in [0.15, 0.2) is 5.82 Å². The van der Waals surface area contributed by atoms with E-state index in [-0.39, 0.29) is 0 Å². The molecule has 0 bridgehead atoms. The van der Waals surface area contributed by atoms with E-state index in [9.17, 15) is 0 Å². The molecule has 0 atom stereocenters. The van der Waals surface area contributed by atoms with E-state index in [2.05, 4.69) is 88.0 Å². The summed E-state index contributed by atoms with van der Waals surface area (Å²) < 4.78 is 5.83. The van der Waals surface area contributed by atoms with Crippen LogP contribution in [-0.2, 0) is 0 Å². The average molecular weight is 590 g/mol. The van der Waals surface area contributed by atoms with Crippen LogP contribution >= 0.6 is 19.5 Å². The minimum Gasteiger partial charge on any atom is -0.494 e. The molecule has 6 rings (SSSR count). The molecule has 2 N–H and O–H groups in total. The van der Waals surface area contributed by atoms with Gasteiger partial charge in [-0.05, 0) is 69.3 Å². The minimum atomic E-state index is -0.444. The predicted octanol–water partition coefficient (Wildman–Crippen LogP) is 6.38. The fourth-order valence-electron chi connectivity index (χ4n) is 6.37. The van der Waals surface area contributed by atoms with Crippen molar-refractivity contribution < 1.29 is 4.74 Å².